The molecule has 0 unspecified atom stereocenters. The lowest BCUT2D eigenvalue weighted by Crippen LogP contribution is -2.17. The quantitative estimate of drug-likeness (QED) is 0.681. The standard InChI is InChI=1S/C10H10O3/c11-5-7-1-2-10-8(3-7)4-9(6-12)13-10/h1-3,5,9,12H,4,6H2/t9-/m1/s1. The van der Waals surface area contributed by atoms with E-state index in [1.807, 2.05) is 0 Å². The Balaban J connectivity index is 2.30. The van der Waals surface area contributed by atoms with Crippen LogP contribution in [0.1, 0.15) is 15.9 Å². The molecule has 0 bridgehead atoms. The summed E-state index contributed by atoms with van der Waals surface area (Å²) in [5.74, 6) is 0.782. The van der Waals surface area contributed by atoms with Crippen molar-refractivity contribution >= 4 is 6.29 Å². The molecular weight excluding hydrogens is 168 g/mol. The van der Waals surface area contributed by atoms with Crippen LogP contribution >= 0.6 is 0 Å². The predicted molar refractivity (Wildman–Crippen MR) is 47.0 cm³/mol. The number of benzene rings is 1. The summed E-state index contributed by atoms with van der Waals surface area (Å²) in [6.07, 6.45) is 1.36. The average molecular weight is 178 g/mol. The average Bonchev–Trinajstić information content (AvgIpc) is 2.58. The maximum atomic E-state index is 10.5. The highest BCUT2D eigenvalue weighted by molar-refractivity contribution is 5.75. The summed E-state index contributed by atoms with van der Waals surface area (Å²) < 4.78 is 5.39. The van der Waals surface area contributed by atoms with Crippen LogP contribution in [0.15, 0.2) is 18.2 Å². The number of carbonyl (C=O) groups excluding carboxylic acids is 1. The zero-order valence-corrected chi connectivity index (χ0v) is 7.06. The molecule has 1 aromatic carbocycles. The number of aliphatic hydroxyl groups is 1. The number of aldehydes is 1. The molecule has 1 aliphatic rings. The van der Waals surface area contributed by atoms with Crippen LogP contribution in [0.3, 0.4) is 0 Å². The summed E-state index contributed by atoms with van der Waals surface area (Å²) in [6.45, 7) is 0.0190. The highest BCUT2D eigenvalue weighted by atomic mass is 16.5. The highest BCUT2D eigenvalue weighted by Gasteiger charge is 2.21. The topological polar surface area (TPSA) is 46.5 Å². The van der Waals surface area contributed by atoms with Crippen molar-refractivity contribution in [3.8, 4) is 5.75 Å². The molecule has 2 rings (SSSR count). The molecule has 0 radical (unpaired) electrons. The van der Waals surface area contributed by atoms with Gasteiger partial charge in [-0.2, -0.15) is 0 Å². The molecule has 0 aromatic heterocycles. The number of carbonyl (C=O) groups is 1. The van der Waals surface area contributed by atoms with Crippen molar-refractivity contribution < 1.29 is 14.6 Å². The maximum absolute atomic E-state index is 10.5. The van der Waals surface area contributed by atoms with Crippen molar-refractivity contribution in [2.24, 2.45) is 0 Å². The molecule has 1 aliphatic heterocycles. The van der Waals surface area contributed by atoms with Gasteiger partial charge in [-0.3, -0.25) is 4.79 Å². The van der Waals surface area contributed by atoms with Gasteiger partial charge in [0.15, 0.2) is 0 Å². The second-order valence-electron chi connectivity index (χ2n) is 3.11. The fourth-order valence-electron chi connectivity index (χ4n) is 1.52. The van der Waals surface area contributed by atoms with Crippen LogP contribution in [0.2, 0.25) is 0 Å². The summed E-state index contributed by atoms with van der Waals surface area (Å²) in [5, 5.41) is 8.87. The van der Waals surface area contributed by atoms with Crippen LogP contribution in [0.5, 0.6) is 5.75 Å². The van der Waals surface area contributed by atoms with Gasteiger partial charge in [0.25, 0.3) is 0 Å². The van der Waals surface area contributed by atoms with Gasteiger partial charge in [-0.1, -0.05) is 0 Å². The maximum Gasteiger partial charge on any atom is 0.150 e. The first-order chi connectivity index (χ1) is 6.33. The van der Waals surface area contributed by atoms with Gasteiger partial charge in [0.2, 0.25) is 0 Å². The molecule has 1 heterocycles. The SMILES string of the molecule is O=Cc1ccc2c(c1)C[C@H](CO)O2. The zero-order valence-electron chi connectivity index (χ0n) is 7.06. The van der Waals surface area contributed by atoms with Crippen molar-refractivity contribution in [1.82, 2.24) is 0 Å². The number of hydrogen-bond acceptors (Lipinski definition) is 3. The van der Waals surface area contributed by atoms with E-state index in [1.165, 1.54) is 0 Å². The van der Waals surface area contributed by atoms with Crippen LogP contribution in [0.25, 0.3) is 0 Å². The van der Waals surface area contributed by atoms with Crippen molar-refractivity contribution in [3.05, 3.63) is 29.3 Å². The molecule has 1 aromatic rings. The molecule has 3 heteroatoms. The van der Waals surface area contributed by atoms with E-state index >= 15 is 0 Å². The molecule has 0 fully saturated rings. The van der Waals surface area contributed by atoms with E-state index in [9.17, 15) is 4.79 Å². The lowest BCUT2D eigenvalue weighted by molar-refractivity contribution is 0.112. The molecule has 0 aliphatic carbocycles. The second kappa shape index (κ2) is 3.18. The lowest BCUT2D eigenvalue weighted by Gasteiger charge is -2.04. The first-order valence-corrected chi connectivity index (χ1v) is 4.19. The minimum atomic E-state index is -0.142. The first-order valence-electron chi connectivity index (χ1n) is 4.19. The molecular formula is C10H10O3. The normalized spacial score (nSPS) is 19.3. The number of fused-ring (bicyclic) bond motifs is 1. The van der Waals surface area contributed by atoms with E-state index in [0.29, 0.717) is 12.0 Å². The molecule has 0 saturated heterocycles. The zero-order chi connectivity index (χ0) is 9.26. The number of aliphatic hydroxyl groups excluding tert-OH is 1. The largest absolute Gasteiger partial charge is 0.487 e. The van der Waals surface area contributed by atoms with E-state index in [1.54, 1.807) is 18.2 Å². The Kier molecular flexibility index (Phi) is 2.02. The molecule has 68 valence electrons. The van der Waals surface area contributed by atoms with E-state index in [0.717, 1.165) is 17.6 Å². The Morgan fingerprint density at radius 1 is 1.62 bits per heavy atom. The van der Waals surface area contributed by atoms with Crippen molar-refractivity contribution in [1.29, 1.82) is 0 Å². The first kappa shape index (κ1) is 8.26. The molecule has 0 amide bonds. The summed E-state index contributed by atoms with van der Waals surface area (Å²) in [7, 11) is 0. The van der Waals surface area contributed by atoms with Crippen LogP contribution in [0.4, 0.5) is 0 Å². The Labute approximate surface area is 76.0 Å². The third-order valence-electron chi connectivity index (χ3n) is 2.17. The summed E-state index contributed by atoms with van der Waals surface area (Å²) >= 11 is 0. The van der Waals surface area contributed by atoms with Gasteiger partial charge in [0, 0.05) is 12.0 Å². The Morgan fingerprint density at radius 3 is 3.15 bits per heavy atom. The highest BCUT2D eigenvalue weighted by Crippen LogP contribution is 2.28. The second-order valence-corrected chi connectivity index (χ2v) is 3.11. The van der Waals surface area contributed by atoms with Gasteiger partial charge in [-0.25, -0.2) is 0 Å². The van der Waals surface area contributed by atoms with E-state index in [-0.39, 0.29) is 12.7 Å². The summed E-state index contributed by atoms with van der Waals surface area (Å²) in [6, 6.07) is 5.29. The monoisotopic (exact) mass is 178 g/mol. The van der Waals surface area contributed by atoms with Gasteiger partial charge in [0.05, 0.1) is 6.61 Å². The van der Waals surface area contributed by atoms with Crippen molar-refractivity contribution in [2.75, 3.05) is 6.61 Å². The smallest absolute Gasteiger partial charge is 0.150 e. The Hall–Kier alpha value is -1.35. The van der Waals surface area contributed by atoms with E-state index in [4.69, 9.17) is 9.84 Å². The fourth-order valence-corrected chi connectivity index (χ4v) is 1.52. The van der Waals surface area contributed by atoms with Crippen LogP contribution in [-0.2, 0) is 6.42 Å². The van der Waals surface area contributed by atoms with Crippen LogP contribution in [-0.4, -0.2) is 24.1 Å². The van der Waals surface area contributed by atoms with Gasteiger partial charge in [-0.15, -0.1) is 0 Å². The molecule has 3 nitrogen and oxygen atoms in total. The summed E-state index contributed by atoms with van der Waals surface area (Å²) in [5.41, 5.74) is 1.66. The predicted octanol–water partition coefficient (Wildman–Crippen LogP) is 0.795. The number of rotatable bonds is 2. The van der Waals surface area contributed by atoms with E-state index in [2.05, 4.69) is 0 Å². The minimum absolute atomic E-state index is 0.0190. The third kappa shape index (κ3) is 1.42. The molecule has 1 atom stereocenters. The van der Waals surface area contributed by atoms with Crippen molar-refractivity contribution in [3.63, 3.8) is 0 Å². The summed E-state index contributed by atoms with van der Waals surface area (Å²) in [4.78, 5) is 10.5. The Bertz CT molecular complexity index is 333. The molecule has 0 spiro atoms. The lowest BCUT2D eigenvalue weighted by atomic mass is 10.1. The van der Waals surface area contributed by atoms with Gasteiger partial charge in [-0.05, 0) is 23.8 Å². The molecule has 1 N–H and O–H groups in total. The van der Waals surface area contributed by atoms with Crippen LogP contribution in [0, 0.1) is 0 Å². The fraction of sp³-hybridized carbons (Fsp3) is 0.300. The Morgan fingerprint density at radius 2 is 2.46 bits per heavy atom. The van der Waals surface area contributed by atoms with E-state index < -0.39 is 0 Å². The van der Waals surface area contributed by atoms with Crippen molar-refractivity contribution in [2.45, 2.75) is 12.5 Å². The molecule has 13 heavy (non-hydrogen) atoms. The van der Waals surface area contributed by atoms with Gasteiger partial charge >= 0.3 is 0 Å². The molecule has 0 saturated carbocycles. The minimum Gasteiger partial charge on any atom is -0.487 e. The van der Waals surface area contributed by atoms with Gasteiger partial charge in [0.1, 0.15) is 18.1 Å². The third-order valence-corrected chi connectivity index (χ3v) is 2.17. The van der Waals surface area contributed by atoms with Crippen LogP contribution < -0.4 is 4.74 Å². The van der Waals surface area contributed by atoms with Gasteiger partial charge < -0.3 is 9.84 Å². The number of ether oxygens (including phenoxy) is 1. The number of hydrogen-bond donors (Lipinski definition) is 1.